The number of fused-ring (bicyclic) bond motifs is 1. The van der Waals surface area contributed by atoms with Gasteiger partial charge in [-0.15, -0.1) is 0 Å². The molecule has 0 saturated heterocycles. The van der Waals surface area contributed by atoms with Crippen molar-refractivity contribution in [3.05, 3.63) is 99.5 Å². The van der Waals surface area contributed by atoms with Crippen LogP contribution < -0.4 is 4.90 Å². The SMILES string of the molecule is O=C(OCc1ccccc1)N1c2c(cc(Br)cc2C(F)(F)F)CCC1CCc1ccccc1. The lowest BCUT2D eigenvalue weighted by atomic mass is 9.90. The first kappa shape index (κ1) is 23.4. The Hall–Kier alpha value is -2.80. The van der Waals surface area contributed by atoms with Crippen molar-refractivity contribution in [2.45, 2.75) is 44.5 Å². The van der Waals surface area contributed by atoms with Crippen LogP contribution in [0.2, 0.25) is 0 Å². The summed E-state index contributed by atoms with van der Waals surface area (Å²) in [4.78, 5) is 14.5. The van der Waals surface area contributed by atoms with Crippen molar-refractivity contribution < 1.29 is 22.7 Å². The Balaban J connectivity index is 1.67. The third-order valence-electron chi connectivity index (χ3n) is 5.82. The maximum Gasteiger partial charge on any atom is 0.418 e. The van der Waals surface area contributed by atoms with Crippen LogP contribution in [-0.4, -0.2) is 12.1 Å². The molecule has 0 fully saturated rings. The van der Waals surface area contributed by atoms with Crippen molar-refractivity contribution in [3.8, 4) is 0 Å². The third-order valence-corrected chi connectivity index (χ3v) is 6.28. The van der Waals surface area contributed by atoms with Crippen LogP contribution >= 0.6 is 15.9 Å². The lowest BCUT2D eigenvalue weighted by Crippen LogP contribution is -2.45. The van der Waals surface area contributed by atoms with Gasteiger partial charge in [-0.05, 0) is 54.5 Å². The number of carbonyl (C=O) groups excluding carboxylic acids is 1. The predicted molar refractivity (Wildman–Crippen MR) is 125 cm³/mol. The molecular weight excluding hydrogens is 495 g/mol. The highest BCUT2D eigenvalue weighted by atomic mass is 79.9. The van der Waals surface area contributed by atoms with E-state index in [9.17, 15) is 18.0 Å². The topological polar surface area (TPSA) is 29.5 Å². The average molecular weight is 518 g/mol. The number of nitrogens with zero attached hydrogens (tertiary/aromatic N) is 1. The van der Waals surface area contributed by atoms with E-state index in [0.717, 1.165) is 17.2 Å². The van der Waals surface area contributed by atoms with Crippen LogP contribution in [0.1, 0.15) is 35.1 Å². The van der Waals surface area contributed by atoms with Crippen molar-refractivity contribution in [2.75, 3.05) is 4.90 Å². The van der Waals surface area contributed by atoms with Crippen LogP contribution in [0.3, 0.4) is 0 Å². The van der Waals surface area contributed by atoms with Gasteiger partial charge in [-0.1, -0.05) is 76.6 Å². The van der Waals surface area contributed by atoms with Gasteiger partial charge >= 0.3 is 12.3 Å². The molecular formula is C26H23BrF3NO2. The molecule has 1 unspecified atom stereocenters. The molecule has 3 aromatic rings. The Morgan fingerprint density at radius 2 is 1.64 bits per heavy atom. The fourth-order valence-electron chi connectivity index (χ4n) is 4.26. The van der Waals surface area contributed by atoms with Gasteiger partial charge in [0.25, 0.3) is 0 Å². The summed E-state index contributed by atoms with van der Waals surface area (Å²) in [6, 6.07) is 21.1. The molecule has 0 saturated carbocycles. The summed E-state index contributed by atoms with van der Waals surface area (Å²) in [6.07, 6.45) is -3.15. The highest BCUT2D eigenvalue weighted by Gasteiger charge is 2.42. The molecule has 0 radical (unpaired) electrons. The number of anilines is 1. The highest BCUT2D eigenvalue weighted by Crippen LogP contribution is 2.45. The molecule has 1 amide bonds. The standard InChI is InChI=1S/C26H23BrF3NO2/c27-21-15-20-12-14-22(13-11-18-7-3-1-4-8-18)31(24(20)23(16-21)26(28,29)30)25(32)33-17-19-9-5-2-6-10-19/h1-10,15-16,22H,11-14,17H2. The average Bonchev–Trinajstić information content (AvgIpc) is 2.81. The molecule has 0 N–H and O–H groups in total. The van der Waals surface area contributed by atoms with E-state index in [-0.39, 0.29) is 12.3 Å². The number of benzene rings is 3. The fraction of sp³-hybridized carbons (Fsp3) is 0.269. The second kappa shape index (κ2) is 10.00. The maximum absolute atomic E-state index is 14.0. The number of hydrogen-bond acceptors (Lipinski definition) is 2. The number of ether oxygens (including phenoxy) is 1. The molecule has 1 heterocycles. The Bertz CT molecular complexity index is 1100. The molecule has 1 aliphatic rings. The van der Waals surface area contributed by atoms with E-state index in [2.05, 4.69) is 15.9 Å². The van der Waals surface area contributed by atoms with Gasteiger partial charge in [0.15, 0.2) is 0 Å². The number of alkyl halides is 3. The first-order valence-electron chi connectivity index (χ1n) is 10.8. The van der Waals surface area contributed by atoms with Crippen LogP contribution in [0.25, 0.3) is 0 Å². The van der Waals surface area contributed by atoms with Gasteiger partial charge in [0, 0.05) is 10.5 Å². The normalized spacial score (nSPS) is 15.8. The molecule has 4 rings (SSSR count). The smallest absolute Gasteiger partial charge is 0.418 e. The summed E-state index contributed by atoms with van der Waals surface area (Å²) < 4.78 is 47.9. The quantitative estimate of drug-likeness (QED) is 0.349. The molecule has 0 aromatic heterocycles. The Kier molecular flexibility index (Phi) is 7.08. The molecule has 172 valence electrons. The van der Waals surface area contributed by atoms with Crippen molar-refractivity contribution in [3.63, 3.8) is 0 Å². The van der Waals surface area contributed by atoms with Gasteiger partial charge in [0.05, 0.1) is 11.3 Å². The van der Waals surface area contributed by atoms with Gasteiger partial charge < -0.3 is 4.74 Å². The third kappa shape index (κ3) is 5.58. The molecule has 1 atom stereocenters. The van der Waals surface area contributed by atoms with E-state index in [1.165, 1.54) is 4.90 Å². The minimum atomic E-state index is -4.60. The van der Waals surface area contributed by atoms with E-state index in [1.54, 1.807) is 6.07 Å². The zero-order chi connectivity index (χ0) is 23.4. The molecule has 33 heavy (non-hydrogen) atoms. The van der Waals surface area contributed by atoms with Crippen LogP contribution in [0.5, 0.6) is 0 Å². The number of halogens is 4. The van der Waals surface area contributed by atoms with E-state index in [0.29, 0.717) is 35.7 Å². The largest absolute Gasteiger partial charge is 0.444 e. The molecule has 0 bridgehead atoms. The maximum atomic E-state index is 14.0. The number of carbonyl (C=O) groups is 1. The monoisotopic (exact) mass is 517 g/mol. The summed E-state index contributed by atoms with van der Waals surface area (Å²) in [5, 5.41) is 0. The number of aryl methyl sites for hydroxylation is 2. The summed E-state index contributed by atoms with van der Waals surface area (Å²) in [7, 11) is 0. The van der Waals surface area contributed by atoms with Crippen LogP contribution in [0, 0.1) is 0 Å². The van der Waals surface area contributed by atoms with E-state index < -0.39 is 23.9 Å². The zero-order valence-electron chi connectivity index (χ0n) is 17.8. The molecule has 0 spiro atoms. The first-order chi connectivity index (χ1) is 15.8. The van der Waals surface area contributed by atoms with Gasteiger partial charge in [-0.3, -0.25) is 4.90 Å². The van der Waals surface area contributed by atoms with Gasteiger partial charge in [0.1, 0.15) is 6.61 Å². The Labute approximate surface area is 199 Å². The zero-order valence-corrected chi connectivity index (χ0v) is 19.4. The Morgan fingerprint density at radius 3 is 2.27 bits per heavy atom. The fourth-order valence-corrected chi connectivity index (χ4v) is 4.77. The van der Waals surface area contributed by atoms with Gasteiger partial charge in [-0.25, -0.2) is 4.79 Å². The predicted octanol–water partition coefficient (Wildman–Crippen LogP) is 7.56. The van der Waals surface area contributed by atoms with Crippen molar-refractivity contribution in [1.82, 2.24) is 0 Å². The van der Waals surface area contributed by atoms with Crippen molar-refractivity contribution >= 4 is 27.7 Å². The second-order valence-electron chi connectivity index (χ2n) is 8.09. The lowest BCUT2D eigenvalue weighted by Gasteiger charge is -2.38. The van der Waals surface area contributed by atoms with Gasteiger partial charge in [-0.2, -0.15) is 13.2 Å². The summed E-state index contributed by atoms with van der Waals surface area (Å²) in [6.45, 7) is -0.00517. The minimum absolute atomic E-state index is 0.00517. The molecule has 7 heteroatoms. The van der Waals surface area contributed by atoms with Gasteiger partial charge in [0.2, 0.25) is 0 Å². The minimum Gasteiger partial charge on any atom is -0.444 e. The molecule has 3 aromatic carbocycles. The molecule has 1 aliphatic heterocycles. The lowest BCUT2D eigenvalue weighted by molar-refractivity contribution is -0.137. The number of hydrogen-bond donors (Lipinski definition) is 0. The summed E-state index contributed by atoms with van der Waals surface area (Å²) in [5.41, 5.74) is 1.42. The Morgan fingerprint density at radius 1 is 1.00 bits per heavy atom. The van der Waals surface area contributed by atoms with Crippen LogP contribution in [0.15, 0.2) is 77.3 Å². The molecule has 0 aliphatic carbocycles. The van der Waals surface area contributed by atoms with Crippen LogP contribution in [-0.2, 0) is 30.4 Å². The second-order valence-corrected chi connectivity index (χ2v) is 9.00. The first-order valence-corrected chi connectivity index (χ1v) is 11.6. The summed E-state index contributed by atoms with van der Waals surface area (Å²) >= 11 is 3.19. The highest BCUT2D eigenvalue weighted by molar-refractivity contribution is 9.10. The van der Waals surface area contributed by atoms with E-state index >= 15 is 0 Å². The van der Waals surface area contributed by atoms with Crippen molar-refractivity contribution in [1.29, 1.82) is 0 Å². The van der Waals surface area contributed by atoms with E-state index in [4.69, 9.17) is 4.74 Å². The van der Waals surface area contributed by atoms with Crippen LogP contribution in [0.4, 0.5) is 23.7 Å². The van der Waals surface area contributed by atoms with Crippen molar-refractivity contribution in [2.24, 2.45) is 0 Å². The molecule has 3 nitrogen and oxygen atoms in total. The summed E-state index contributed by atoms with van der Waals surface area (Å²) in [5.74, 6) is 0. The number of amides is 1. The number of rotatable bonds is 5. The van der Waals surface area contributed by atoms with E-state index in [1.807, 2.05) is 60.7 Å².